The Morgan fingerprint density at radius 2 is 2.00 bits per heavy atom. The molecule has 2 aliphatic rings. The number of morpholine rings is 1. The number of anilines is 1. The molecule has 1 fully saturated rings. The first-order chi connectivity index (χ1) is 14.9. The fourth-order valence-electron chi connectivity index (χ4n) is 4.34. The van der Waals surface area contributed by atoms with E-state index in [-0.39, 0.29) is 12.6 Å². The maximum Gasteiger partial charge on any atom is 0.217 e. The maximum absolute atomic E-state index is 12.9. The van der Waals surface area contributed by atoms with Crippen LogP contribution in [0.25, 0.3) is 22.3 Å². The molecule has 2 aliphatic heterocycles. The molecule has 0 radical (unpaired) electrons. The summed E-state index contributed by atoms with van der Waals surface area (Å²) in [5.41, 5.74) is 3.63. The minimum absolute atomic E-state index is 0.152. The summed E-state index contributed by atoms with van der Waals surface area (Å²) in [5, 5.41) is 0.571. The Labute approximate surface area is 182 Å². The van der Waals surface area contributed by atoms with E-state index in [1.807, 2.05) is 30.5 Å². The van der Waals surface area contributed by atoms with Crippen molar-refractivity contribution in [3.63, 3.8) is 0 Å². The molecule has 1 aromatic carbocycles. The van der Waals surface area contributed by atoms with Gasteiger partial charge in [0.2, 0.25) is 10.0 Å². The summed E-state index contributed by atoms with van der Waals surface area (Å²) in [7, 11) is -3.39. The molecule has 31 heavy (non-hydrogen) atoms. The number of aromatic nitrogens is 3. The van der Waals surface area contributed by atoms with Gasteiger partial charge in [-0.3, -0.25) is 0 Å². The molecule has 9 heteroatoms. The quantitative estimate of drug-likeness (QED) is 0.669. The SMILES string of the molecule is CC1COCCN1c1nc(-c2c[nH]c3ccccc23)nc2c1CN(S(=O)(=O)C(C)C)C2. The van der Waals surface area contributed by atoms with Gasteiger partial charge in [-0.15, -0.1) is 0 Å². The van der Waals surface area contributed by atoms with E-state index >= 15 is 0 Å². The molecule has 164 valence electrons. The van der Waals surface area contributed by atoms with Crippen LogP contribution in [0.5, 0.6) is 0 Å². The third-order valence-electron chi connectivity index (χ3n) is 6.16. The molecule has 0 bridgehead atoms. The molecule has 1 atom stereocenters. The van der Waals surface area contributed by atoms with Crippen LogP contribution < -0.4 is 4.90 Å². The number of rotatable bonds is 4. The van der Waals surface area contributed by atoms with Crippen molar-refractivity contribution in [2.45, 2.75) is 45.2 Å². The van der Waals surface area contributed by atoms with E-state index in [1.165, 1.54) is 4.31 Å². The van der Waals surface area contributed by atoms with E-state index in [4.69, 9.17) is 14.7 Å². The van der Waals surface area contributed by atoms with Crippen molar-refractivity contribution in [2.24, 2.45) is 0 Å². The van der Waals surface area contributed by atoms with Crippen molar-refractivity contribution in [1.29, 1.82) is 0 Å². The van der Waals surface area contributed by atoms with Crippen LogP contribution in [0.15, 0.2) is 30.5 Å². The van der Waals surface area contributed by atoms with Gasteiger partial charge in [0.25, 0.3) is 0 Å². The highest BCUT2D eigenvalue weighted by Gasteiger charge is 2.37. The molecular weight excluding hydrogens is 414 g/mol. The average Bonchev–Trinajstić information content (AvgIpc) is 3.38. The van der Waals surface area contributed by atoms with Gasteiger partial charge in [0.05, 0.1) is 36.7 Å². The first-order valence-corrected chi connectivity index (χ1v) is 12.2. The summed E-state index contributed by atoms with van der Waals surface area (Å²) in [6, 6.07) is 8.20. The van der Waals surface area contributed by atoms with Gasteiger partial charge >= 0.3 is 0 Å². The first kappa shape index (κ1) is 20.4. The Hall–Kier alpha value is -2.49. The standard InChI is InChI=1S/C22H27N5O3S/c1-14(2)31(28,29)26-11-18-20(12-26)24-21(17-10-23-19-7-5-4-6-16(17)19)25-22(18)27-8-9-30-13-15(27)3/h4-7,10,14-15,23H,8-9,11-13H2,1-3H3. The zero-order valence-electron chi connectivity index (χ0n) is 18.0. The summed E-state index contributed by atoms with van der Waals surface area (Å²) in [5.74, 6) is 1.44. The van der Waals surface area contributed by atoms with Gasteiger partial charge in [0.15, 0.2) is 5.82 Å². The molecule has 3 aromatic rings. The summed E-state index contributed by atoms with van der Waals surface area (Å²) in [6.45, 7) is 8.09. The van der Waals surface area contributed by atoms with Crippen LogP contribution in [-0.4, -0.2) is 58.7 Å². The molecule has 8 nitrogen and oxygen atoms in total. The minimum Gasteiger partial charge on any atom is -0.377 e. The molecule has 0 aliphatic carbocycles. The zero-order valence-corrected chi connectivity index (χ0v) is 18.8. The van der Waals surface area contributed by atoms with Crippen molar-refractivity contribution in [3.05, 3.63) is 41.7 Å². The fourth-order valence-corrected chi connectivity index (χ4v) is 5.55. The predicted molar refractivity (Wildman–Crippen MR) is 120 cm³/mol. The van der Waals surface area contributed by atoms with Gasteiger partial charge in [0, 0.05) is 41.3 Å². The number of benzene rings is 1. The van der Waals surface area contributed by atoms with E-state index in [1.54, 1.807) is 13.8 Å². The number of hydrogen-bond acceptors (Lipinski definition) is 6. The highest BCUT2D eigenvalue weighted by molar-refractivity contribution is 7.89. The molecular formula is C22H27N5O3S. The van der Waals surface area contributed by atoms with Gasteiger partial charge in [-0.05, 0) is 26.8 Å². The zero-order chi connectivity index (χ0) is 21.8. The minimum atomic E-state index is -3.39. The summed E-state index contributed by atoms with van der Waals surface area (Å²) >= 11 is 0. The number of aromatic amines is 1. The summed E-state index contributed by atoms with van der Waals surface area (Å²) < 4.78 is 32.9. The van der Waals surface area contributed by atoms with Crippen LogP contribution in [0.1, 0.15) is 32.0 Å². The maximum atomic E-state index is 12.9. The van der Waals surface area contributed by atoms with Crippen LogP contribution in [0.4, 0.5) is 5.82 Å². The fraction of sp³-hybridized carbons (Fsp3) is 0.455. The predicted octanol–water partition coefficient (Wildman–Crippen LogP) is 2.90. The Bertz CT molecular complexity index is 1240. The molecule has 1 saturated heterocycles. The third kappa shape index (κ3) is 3.40. The molecule has 0 spiro atoms. The van der Waals surface area contributed by atoms with Crippen molar-refractivity contribution >= 4 is 26.7 Å². The summed E-state index contributed by atoms with van der Waals surface area (Å²) in [4.78, 5) is 15.4. The number of ether oxygens (including phenoxy) is 1. The Morgan fingerprint density at radius 3 is 2.77 bits per heavy atom. The van der Waals surface area contributed by atoms with E-state index in [0.29, 0.717) is 25.6 Å². The Balaban J connectivity index is 1.65. The van der Waals surface area contributed by atoms with Gasteiger partial charge < -0.3 is 14.6 Å². The van der Waals surface area contributed by atoms with E-state index in [9.17, 15) is 8.42 Å². The number of para-hydroxylation sites is 1. The molecule has 4 heterocycles. The largest absolute Gasteiger partial charge is 0.377 e. The van der Waals surface area contributed by atoms with Gasteiger partial charge in [-0.2, -0.15) is 4.31 Å². The van der Waals surface area contributed by atoms with Crippen LogP contribution in [0.2, 0.25) is 0 Å². The second-order valence-corrected chi connectivity index (χ2v) is 11.0. The topological polar surface area (TPSA) is 91.4 Å². The number of hydrogen-bond donors (Lipinski definition) is 1. The molecule has 0 saturated carbocycles. The molecule has 2 aromatic heterocycles. The normalized spacial score (nSPS) is 20.0. The average molecular weight is 442 g/mol. The molecule has 1 N–H and O–H groups in total. The third-order valence-corrected chi connectivity index (χ3v) is 8.33. The Morgan fingerprint density at radius 1 is 1.19 bits per heavy atom. The molecule has 5 rings (SSSR count). The van der Waals surface area contributed by atoms with Crippen LogP contribution in [0.3, 0.4) is 0 Å². The lowest BCUT2D eigenvalue weighted by molar-refractivity contribution is 0.0984. The number of nitrogens with one attached hydrogen (secondary N) is 1. The van der Waals surface area contributed by atoms with Crippen LogP contribution in [0, 0.1) is 0 Å². The first-order valence-electron chi connectivity index (χ1n) is 10.7. The molecule has 1 unspecified atom stereocenters. The lowest BCUT2D eigenvalue weighted by Crippen LogP contribution is -2.44. The van der Waals surface area contributed by atoms with E-state index in [0.717, 1.165) is 40.1 Å². The smallest absolute Gasteiger partial charge is 0.217 e. The second-order valence-electron chi connectivity index (χ2n) is 8.52. The highest BCUT2D eigenvalue weighted by atomic mass is 32.2. The van der Waals surface area contributed by atoms with Crippen LogP contribution >= 0.6 is 0 Å². The lowest BCUT2D eigenvalue weighted by Gasteiger charge is -2.35. The van der Waals surface area contributed by atoms with E-state index < -0.39 is 15.3 Å². The van der Waals surface area contributed by atoms with Crippen molar-refractivity contribution < 1.29 is 13.2 Å². The van der Waals surface area contributed by atoms with Crippen molar-refractivity contribution in [2.75, 3.05) is 24.7 Å². The van der Waals surface area contributed by atoms with Gasteiger partial charge in [0.1, 0.15) is 5.82 Å². The van der Waals surface area contributed by atoms with Gasteiger partial charge in [-0.25, -0.2) is 18.4 Å². The number of fused-ring (bicyclic) bond motifs is 2. The number of sulfonamides is 1. The van der Waals surface area contributed by atoms with Gasteiger partial charge in [-0.1, -0.05) is 18.2 Å². The molecule has 0 amide bonds. The van der Waals surface area contributed by atoms with Crippen molar-refractivity contribution in [1.82, 2.24) is 19.3 Å². The monoisotopic (exact) mass is 441 g/mol. The number of nitrogens with zero attached hydrogens (tertiary/aromatic N) is 4. The highest BCUT2D eigenvalue weighted by Crippen LogP contribution is 2.36. The van der Waals surface area contributed by atoms with Crippen molar-refractivity contribution in [3.8, 4) is 11.4 Å². The summed E-state index contributed by atoms with van der Waals surface area (Å²) in [6.07, 6.45) is 1.93. The van der Waals surface area contributed by atoms with Crippen LogP contribution in [-0.2, 0) is 27.8 Å². The van der Waals surface area contributed by atoms with E-state index in [2.05, 4.69) is 16.8 Å². The second kappa shape index (κ2) is 7.58. The Kier molecular flexibility index (Phi) is 4.99. The number of H-pyrrole nitrogens is 1. The lowest BCUT2D eigenvalue weighted by atomic mass is 10.1.